The van der Waals surface area contributed by atoms with Crippen molar-refractivity contribution in [3.63, 3.8) is 0 Å². The highest BCUT2D eigenvalue weighted by Crippen LogP contribution is 2.20. The van der Waals surface area contributed by atoms with Gasteiger partial charge in [0.05, 0.1) is 6.10 Å². The first kappa shape index (κ1) is 13.7. The molecule has 0 aromatic heterocycles. The maximum Gasteiger partial charge on any atom is 0.245 e. The lowest BCUT2D eigenvalue weighted by Gasteiger charge is -2.13. The number of hydrogen-bond donors (Lipinski definition) is 0. The zero-order chi connectivity index (χ0) is 12.5. The molecule has 0 saturated carbocycles. The molecule has 0 fully saturated rings. The van der Waals surface area contributed by atoms with Crippen molar-refractivity contribution >= 4 is 16.8 Å². The average Bonchev–Trinajstić information content (AvgIpc) is 2.34. The minimum Gasteiger partial charge on any atom is -0.376 e. The molecule has 3 heteroatoms. The van der Waals surface area contributed by atoms with E-state index < -0.39 is 5.24 Å². The monoisotopic (exact) mass is 250 g/mol. The van der Waals surface area contributed by atoms with E-state index in [0.29, 0.717) is 0 Å². The van der Waals surface area contributed by atoms with Crippen LogP contribution in [-0.2, 0) is 9.53 Å². The Morgan fingerprint density at radius 3 is 2.65 bits per heavy atom. The van der Waals surface area contributed by atoms with Gasteiger partial charge in [-0.25, -0.2) is 0 Å². The first-order chi connectivity index (χ1) is 8.24. The second-order valence-corrected chi connectivity index (χ2v) is 3.83. The van der Waals surface area contributed by atoms with Gasteiger partial charge in [-0.15, -0.1) is 0 Å². The molecule has 0 heterocycles. The molecule has 0 bridgehead atoms. The molecule has 1 aromatic carbocycles. The molecule has 0 aliphatic rings. The SMILES string of the molecule is COC(CC=CC=CC(=O)Cl)c1ccccc1. The van der Waals surface area contributed by atoms with Crippen LogP contribution in [-0.4, -0.2) is 12.4 Å². The van der Waals surface area contributed by atoms with Crippen LogP contribution in [0.5, 0.6) is 0 Å². The molecule has 1 unspecified atom stereocenters. The number of ether oxygens (including phenoxy) is 1. The van der Waals surface area contributed by atoms with Crippen molar-refractivity contribution in [2.75, 3.05) is 7.11 Å². The number of rotatable bonds is 6. The van der Waals surface area contributed by atoms with Crippen molar-refractivity contribution in [3.8, 4) is 0 Å². The third-order valence-corrected chi connectivity index (χ3v) is 2.41. The van der Waals surface area contributed by atoms with Gasteiger partial charge >= 0.3 is 0 Å². The van der Waals surface area contributed by atoms with Gasteiger partial charge in [0.15, 0.2) is 0 Å². The molecule has 0 radical (unpaired) electrons. The highest BCUT2D eigenvalue weighted by molar-refractivity contribution is 6.66. The fourth-order valence-electron chi connectivity index (χ4n) is 1.45. The van der Waals surface area contributed by atoms with Gasteiger partial charge in [-0.1, -0.05) is 48.6 Å². The molecule has 0 saturated heterocycles. The van der Waals surface area contributed by atoms with Gasteiger partial charge in [0.1, 0.15) is 0 Å². The maximum absolute atomic E-state index is 10.4. The van der Waals surface area contributed by atoms with E-state index in [1.807, 2.05) is 36.4 Å². The smallest absolute Gasteiger partial charge is 0.245 e. The van der Waals surface area contributed by atoms with E-state index in [4.69, 9.17) is 16.3 Å². The molecule has 90 valence electrons. The summed E-state index contributed by atoms with van der Waals surface area (Å²) < 4.78 is 5.40. The van der Waals surface area contributed by atoms with Crippen LogP contribution in [0.25, 0.3) is 0 Å². The zero-order valence-electron chi connectivity index (χ0n) is 9.68. The Bertz CT molecular complexity index is 396. The predicted molar refractivity (Wildman–Crippen MR) is 69.9 cm³/mol. The molecule has 0 N–H and O–H groups in total. The van der Waals surface area contributed by atoms with Gasteiger partial charge in [-0.05, 0) is 29.7 Å². The molecule has 0 amide bonds. The summed E-state index contributed by atoms with van der Waals surface area (Å²) in [5, 5.41) is -0.471. The molecule has 2 nitrogen and oxygen atoms in total. The van der Waals surface area contributed by atoms with Crippen molar-refractivity contribution in [2.45, 2.75) is 12.5 Å². The largest absolute Gasteiger partial charge is 0.376 e. The summed E-state index contributed by atoms with van der Waals surface area (Å²) in [6, 6.07) is 10.00. The highest BCUT2D eigenvalue weighted by atomic mass is 35.5. The number of allylic oxidation sites excluding steroid dienone is 3. The molecule has 0 spiro atoms. The Morgan fingerprint density at radius 1 is 1.35 bits per heavy atom. The van der Waals surface area contributed by atoms with Gasteiger partial charge in [0, 0.05) is 7.11 Å². The summed E-state index contributed by atoms with van der Waals surface area (Å²) in [7, 11) is 1.68. The van der Waals surface area contributed by atoms with Gasteiger partial charge < -0.3 is 4.74 Å². The van der Waals surface area contributed by atoms with Gasteiger partial charge in [0.2, 0.25) is 5.24 Å². The lowest BCUT2D eigenvalue weighted by molar-refractivity contribution is -0.107. The lowest BCUT2D eigenvalue weighted by atomic mass is 10.1. The Kier molecular flexibility index (Phi) is 6.30. The average molecular weight is 251 g/mol. The van der Waals surface area contributed by atoms with E-state index >= 15 is 0 Å². The molecule has 1 atom stereocenters. The summed E-state index contributed by atoms with van der Waals surface area (Å²) in [5.41, 5.74) is 1.14. The summed E-state index contributed by atoms with van der Waals surface area (Å²) in [6.07, 6.45) is 7.44. The summed E-state index contributed by atoms with van der Waals surface area (Å²) in [6.45, 7) is 0. The van der Waals surface area contributed by atoms with Crippen LogP contribution < -0.4 is 0 Å². The number of carbonyl (C=O) groups is 1. The summed E-state index contributed by atoms with van der Waals surface area (Å²) in [5.74, 6) is 0. The van der Waals surface area contributed by atoms with Crippen molar-refractivity contribution in [2.24, 2.45) is 0 Å². The van der Waals surface area contributed by atoms with Gasteiger partial charge in [0.25, 0.3) is 0 Å². The normalized spacial score (nSPS) is 13.3. The summed E-state index contributed by atoms with van der Waals surface area (Å²) in [4.78, 5) is 10.4. The first-order valence-corrected chi connectivity index (χ1v) is 5.72. The van der Waals surface area contributed by atoms with Crippen LogP contribution in [0.15, 0.2) is 54.6 Å². The van der Waals surface area contributed by atoms with Crippen molar-refractivity contribution in [1.82, 2.24) is 0 Å². The predicted octanol–water partition coefficient (Wildman–Crippen LogP) is 3.64. The fourth-order valence-corrected chi connectivity index (χ4v) is 1.52. The van der Waals surface area contributed by atoms with E-state index in [2.05, 4.69) is 0 Å². The number of carbonyl (C=O) groups excluding carboxylic acids is 1. The van der Waals surface area contributed by atoms with Crippen LogP contribution in [0.3, 0.4) is 0 Å². The molecule has 1 rings (SSSR count). The van der Waals surface area contributed by atoms with E-state index in [9.17, 15) is 4.79 Å². The van der Waals surface area contributed by atoms with Crippen LogP contribution >= 0.6 is 11.6 Å². The maximum atomic E-state index is 10.4. The molecular weight excluding hydrogens is 236 g/mol. The first-order valence-electron chi connectivity index (χ1n) is 5.34. The third kappa shape index (κ3) is 5.48. The Hall–Kier alpha value is -1.38. The second kappa shape index (κ2) is 7.82. The number of methoxy groups -OCH3 is 1. The zero-order valence-corrected chi connectivity index (χ0v) is 10.4. The molecule has 17 heavy (non-hydrogen) atoms. The highest BCUT2D eigenvalue weighted by Gasteiger charge is 2.06. The van der Waals surface area contributed by atoms with Crippen LogP contribution in [0.4, 0.5) is 0 Å². The number of benzene rings is 1. The van der Waals surface area contributed by atoms with Crippen LogP contribution in [0.1, 0.15) is 18.1 Å². The number of halogens is 1. The molecule has 0 aliphatic carbocycles. The standard InChI is InChI=1S/C14H15ClO2/c1-17-13(12-8-4-2-5-9-12)10-6-3-7-11-14(15)16/h2-9,11,13H,10H2,1H3. The second-order valence-electron chi connectivity index (χ2n) is 3.46. The van der Waals surface area contributed by atoms with Crippen molar-refractivity contribution < 1.29 is 9.53 Å². The van der Waals surface area contributed by atoms with Gasteiger partial charge in [-0.2, -0.15) is 0 Å². The molecule has 1 aromatic rings. The van der Waals surface area contributed by atoms with E-state index in [0.717, 1.165) is 12.0 Å². The third-order valence-electron chi connectivity index (χ3n) is 2.28. The Labute approximate surface area is 107 Å². The number of hydrogen-bond acceptors (Lipinski definition) is 2. The Morgan fingerprint density at radius 2 is 2.06 bits per heavy atom. The topological polar surface area (TPSA) is 26.3 Å². The summed E-state index contributed by atoms with van der Waals surface area (Å²) >= 11 is 5.16. The van der Waals surface area contributed by atoms with Crippen molar-refractivity contribution in [3.05, 3.63) is 60.2 Å². The van der Waals surface area contributed by atoms with Crippen molar-refractivity contribution in [1.29, 1.82) is 0 Å². The fraction of sp³-hybridized carbons (Fsp3) is 0.214. The van der Waals surface area contributed by atoms with Crippen LogP contribution in [0.2, 0.25) is 0 Å². The minimum absolute atomic E-state index is 0.0348. The van der Waals surface area contributed by atoms with E-state index in [1.165, 1.54) is 6.08 Å². The lowest BCUT2D eigenvalue weighted by Crippen LogP contribution is -1.99. The molecular formula is C14H15ClO2. The van der Waals surface area contributed by atoms with Gasteiger partial charge in [-0.3, -0.25) is 4.79 Å². The minimum atomic E-state index is -0.471. The Balaban J connectivity index is 2.51. The van der Waals surface area contributed by atoms with E-state index in [-0.39, 0.29) is 6.10 Å². The van der Waals surface area contributed by atoms with Crippen LogP contribution in [0, 0.1) is 0 Å². The quantitative estimate of drug-likeness (QED) is 0.438. The molecule has 0 aliphatic heterocycles. The van der Waals surface area contributed by atoms with E-state index in [1.54, 1.807) is 19.3 Å².